The lowest BCUT2D eigenvalue weighted by Gasteiger charge is -2.04. The highest BCUT2D eigenvalue weighted by Crippen LogP contribution is 2.38. The maximum atomic E-state index is 11.1. The molecule has 0 amide bonds. The number of aromatic nitrogens is 3. The summed E-state index contributed by atoms with van der Waals surface area (Å²) in [4.78, 5) is 11.1. The van der Waals surface area contributed by atoms with Gasteiger partial charge in [0.15, 0.2) is 11.6 Å². The van der Waals surface area contributed by atoms with E-state index in [0.29, 0.717) is 27.6 Å². The van der Waals surface area contributed by atoms with Crippen molar-refractivity contribution in [3.8, 4) is 22.6 Å². The zero-order valence-electron chi connectivity index (χ0n) is 10.1. The van der Waals surface area contributed by atoms with E-state index in [4.69, 9.17) is 21.9 Å². The summed E-state index contributed by atoms with van der Waals surface area (Å²) < 4.78 is 5.21. The lowest BCUT2D eigenvalue weighted by atomic mass is 10.0. The second-order valence-electron chi connectivity index (χ2n) is 4.06. The number of rotatable bonds is 2. The van der Waals surface area contributed by atoms with Crippen LogP contribution in [0.15, 0.2) is 45.7 Å². The SMILES string of the molecule is Nc1noc(-c2ccc(=O)[nH]n2)c1-c1ccccc1Cl. The minimum absolute atomic E-state index is 0.209. The smallest absolute Gasteiger partial charge is 0.264 e. The van der Waals surface area contributed by atoms with E-state index in [1.165, 1.54) is 12.1 Å². The van der Waals surface area contributed by atoms with Crippen LogP contribution < -0.4 is 11.3 Å². The van der Waals surface area contributed by atoms with Crippen LogP contribution in [0.25, 0.3) is 22.6 Å². The molecular weight excluding hydrogens is 280 g/mol. The molecule has 0 aliphatic heterocycles. The maximum absolute atomic E-state index is 11.1. The molecule has 3 aromatic rings. The summed E-state index contributed by atoms with van der Waals surface area (Å²) in [6.07, 6.45) is 0. The van der Waals surface area contributed by atoms with E-state index in [-0.39, 0.29) is 11.4 Å². The molecule has 0 atom stereocenters. The molecule has 0 unspecified atom stereocenters. The number of nitrogens with one attached hydrogen (secondary N) is 1. The highest BCUT2D eigenvalue weighted by atomic mass is 35.5. The Bertz CT molecular complexity index is 805. The Labute approximate surface area is 118 Å². The second kappa shape index (κ2) is 4.82. The van der Waals surface area contributed by atoms with Crippen molar-refractivity contribution in [3.05, 3.63) is 51.8 Å². The third-order valence-corrected chi connectivity index (χ3v) is 3.10. The Morgan fingerprint density at radius 3 is 2.70 bits per heavy atom. The Morgan fingerprint density at radius 1 is 1.20 bits per heavy atom. The second-order valence-corrected chi connectivity index (χ2v) is 4.47. The fourth-order valence-corrected chi connectivity index (χ4v) is 2.10. The van der Waals surface area contributed by atoms with Gasteiger partial charge in [-0.3, -0.25) is 4.79 Å². The summed E-state index contributed by atoms with van der Waals surface area (Å²) in [5.41, 5.74) is 7.20. The van der Waals surface area contributed by atoms with Crippen LogP contribution in [-0.4, -0.2) is 15.4 Å². The van der Waals surface area contributed by atoms with Crippen molar-refractivity contribution in [2.45, 2.75) is 0 Å². The number of H-pyrrole nitrogens is 1. The van der Waals surface area contributed by atoms with E-state index in [1.807, 2.05) is 12.1 Å². The molecule has 0 bridgehead atoms. The lowest BCUT2D eigenvalue weighted by Crippen LogP contribution is -2.05. The lowest BCUT2D eigenvalue weighted by molar-refractivity contribution is 0.434. The van der Waals surface area contributed by atoms with Crippen LogP contribution in [0.5, 0.6) is 0 Å². The molecule has 0 radical (unpaired) electrons. The van der Waals surface area contributed by atoms with Gasteiger partial charge < -0.3 is 10.3 Å². The average Bonchev–Trinajstić information content (AvgIpc) is 2.82. The number of nitrogens with two attached hydrogens (primary N) is 1. The number of hydrogen-bond donors (Lipinski definition) is 2. The van der Waals surface area contributed by atoms with Crippen LogP contribution in [-0.2, 0) is 0 Å². The van der Waals surface area contributed by atoms with Gasteiger partial charge in [-0.2, -0.15) is 5.10 Å². The van der Waals surface area contributed by atoms with E-state index >= 15 is 0 Å². The fraction of sp³-hybridized carbons (Fsp3) is 0. The van der Waals surface area contributed by atoms with Crippen LogP contribution >= 0.6 is 11.6 Å². The molecule has 6 nitrogen and oxygen atoms in total. The highest BCUT2D eigenvalue weighted by Gasteiger charge is 2.20. The molecule has 0 fully saturated rings. The van der Waals surface area contributed by atoms with Gasteiger partial charge in [0.25, 0.3) is 5.56 Å². The molecular formula is C13H9ClN4O2. The van der Waals surface area contributed by atoms with Crippen molar-refractivity contribution in [2.75, 3.05) is 5.73 Å². The monoisotopic (exact) mass is 288 g/mol. The Kier molecular flexibility index (Phi) is 3.00. The molecule has 0 aliphatic carbocycles. The van der Waals surface area contributed by atoms with Crippen molar-refractivity contribution in [3.63, 3.8) is 0 Å². The number of anilines is 1. The molecule has 3 N–H and O–H groups in total. The molecule has 2 aromatic heterocycles. The number of benzene rings is 1. The molecule has 0 saturated heterocycles. The number of nitrogens with zero attached hydrogens (tertiary/aromatic N) is 2. The molecule has 7 heteroatoms. The van der Waals surface area contributed by atoms with Crippen molar-refractivity contribution in [2.24, 2.45) is 0 Å². The number of aromatic amines is 1. The van der Waals surface area contributed by atoms with E-state index in [9.17, 15) is 4.79 Å². The van der Waals surface area contributed by atoms with Crippen molar-refractivity contribution < 1.29 is 4.52 Å². The van der Waals surface area contributed by atoms with Gasteiger partial charge in [-0.25, -0.2) is 5.10 Å². The maximum Gasteiger partial charge on any atom is 0.264 e. The van der Waals surface area contributed by atoms with Gasteiger partial charge in [-0.15, -0.1) is 0 Å². The normalized spacial score (nSPS) is 10.7. The highest BCUT2D eigenvalue weighted by molar-refractivity contribution is 6.33. The van der Waals surface area contributed by atoms with E-state index in [1.54, 1.807) is 12.1 Å². The van der Waals surface area contributed by atoms with Crippen molar-refractivity contribution in [1.82, 2.24) is 15.4 Å². The van der Waals surface area contributed by atoms with Gasteiger partial charge in [0.2, 0.25) is 0 Å². The minimum atomic E-state index is -0.305. The van der Waals surface area contributed by atoms with E-state index in [0.717, 1.165) is 0 Å². The Hall–Kier alpha value is -2.60. The molecule has 2 heterocycles. The van der Waals surface area contributed by atoms with Crippen LogP contribution in [0.4, 0.5) is 5.82 Å². The van der Waals surface area contributed by atoms with Gasteiger partial charge in [0.1, 0.15) is 5.69 Å². The zero-order valence-corrected chi connectivity index (χ0v) is 10.9. The summed E-state index contributed by atoms with van der Waals surface area (Å²) in [5.74, 6) is 0.563. The van der Waals surface area contributed by atoms with Gasteiger partial charge in [0, 0.05) is 16.7 Å². The van der Waals surface area contributed by atoms with Gasteiger partial charge in [-0.1, -0.05) is 35.0 Å². The topological polar surface area (TPSA) is 97.8 Å². The van der Waals surface area contributed by atoms with Crippen LogP contribution in [0.2, 0.25) is 5.02 Å². The minimum Gasteiger partial charge on any atom is -0.380 e. The standard InChI is InChI=1S/C13H9ClN4O2/c14-8-4-2-1-3-7(8)11-12(20-18-13(11)15)9-5-6-10(19)17-16-9/h1-6H,(H2,15,18)(H,17,19). The van der Waals surface area contributed by atoms with Crippen LogP contribution in [0, 0.1) is 0 Å². The molecule has 3 rings (SSSR count). The average molecular weight is 289 g/mol. The van der Waals surface area contributed by atoms with Gasteiger partial charge in [0.05, 0.1) is 5.56 Å². The van der Waals surface area contributed by atoms with E-state index in [2.05, 4.69) is 15.4 Å². The number of halogens is 1. The summed E-state index contributed by atoms with van der Waals surface area (Å²) >= 11 is 6.17. The Morgan fingerprint density at radius 2 is 2.00 bits per heavy atom. The zero-order chi connectivity index (χ0) is 14.1. The van der Waals surface area contributed by atoms with Gasteiger partial charge in [-0.05, 0) is 12.1 Å². The quantitative estimate of drug-likeness (QED) is 0.754. The molecule has 100 valence electrons. The molecule has 0 aliphatic rings. The van der Waals surface area contributed by atoms with Gasteiger partial charge >= 0.3 is 0 Å². The molecule has 0 spiro atoms. The third-order valence-electron chi connectivity index (χ3n) is 2.77. The predicted molar refractivity (Wildman–Crippen MR) is 75.2 cm³/mol. The molecule has 0 saturated carbocycles. The van der Waals surface area contributed by atoms with Crippen molar-refractivity contribution >= 4 is 17.4 Å². The molecule has 20 heavy (non-hydrogen) atoms. The first-order valence-electron chi connectivity index (χ1n) is 5.73. The van der Waals surface area contributed by atoms with E-state index < -0.39 is 0 Å². The first-order chi connectivity index (χ1) is 9.66. The summed E-state index contributed by atoms with van der Waals surface area (Å²) in [6, 6.07) is 10.1. The largest absolute Gasteiger partial charge is 0.380 e. The summed E-state index contributed by atoms with van der Waals surface area (Å²) in [7, 11) is 0. The number of hydrogen-bond acceptors (Lipinski definition) is 5. The summed E-state index contributed by atoms with van der Waals surface area (Å²) in [6.45, 7) is 0. The first kappa shape index (κ1) is 12.4. The van der Waals surface area contributed by atoms with Crippen LogP contribution in [0.1, 0.15) is 0 Å². The fourth-order valence-electron chi connectivity index (χ4n) is 1.87. The third kappa shape index (κ3) is 2.06. The predicted octanol–water partition coefficient (Wildman–Crippen LogP) is 2.33. The first-order valence-corrected chi connectivity index (χ1v) is 6.11. The Balaban J connectivity index is 2.23. The molecule has 1 aromatic carbocycles. The van der Waals surface area contributed by atoms with Crippen LogP contribution in [0.3, 0.4) is 0 Å². The van der Waals surface area contributed by atoms with Crippen molar-refractivity contribution in [1.29, 1.82) is 0 Å². The number of nitrogen functional groups attached to an aromatic ring is 1. The summed E-state index contributed by atoms with van der Waals surface area (Å²) in [5, 5.41) is 10.5.